The van der Waals surface area contributed by atoms with Gasteiger partial charge in [-0.25, -0.2) is 9.37 Å². The van der Waals surface area contributed by atoms with Crippen LogP contribution in [-0.2, 0) is 0 Å². The summed E-state index contributed by atoms with van der Waals surface area (Å²) < 4.78 is 14.4. The van der Waals surface area contributed by atoms with Gasteiger partial charge < -0.3 is 4.98 Å². The molecule has 0 atom stereocenters. The minimum atomic E-state index is -0.475. The van der Waals surface area contributed by atoms with Gasteiger partial charge in [0.1, 0.15) is 0 Å². The Bertz CT molecular complexity index is 520. The lowest BCUT2D eigenvalue weighted by atomic mass is 10.3. The van der Waals surface area contributed by atoms with Crippen molar-refractivity contribution in [1.29, 1.82) is 0 Å². The minimum Gasteiger partial charge on any atom is -0.343 e. The van der Waals surface area contributed by atoms with Crippen LogP contribution in [0.15, 0.2) is 22.2 Å². The quantitative estimate of drug-likeness (QED) is 0.810. The number of nitrogens with one attached hydrogen (secondary N) is 1. The van der Waals surface area contributed by atoms with Crippen molar-refractivity contribution in [3.8, 4) is 10.6 Å². The van der Waals surface area contributed by atoms with Gasteiger partial charge in [0.2, 0.25) is 0 Å². The molecule has 0 saturated carbocycles. The lowest BCUT2D eigenvalue weighted by Crippen LogP contribution is -1.90. The first-order chi connectivity index (χ1) is 6.68. The van der Waals surface area contributed by atoms with E-state index in [0.717, 1.165) is 8.66 Å². The molecule has 2 heterocycles. The van der Waals surface area contributed by atoms with Crippen LogP contribution in [0.5, 0.6) is 0 Å². The maximum atomic E-state index is 13.5. The molecule has 0 saturated heterocycles. The Hall–Kier alpha value is -0.590. The summed E-state index contributed by atoms with van der Waals surface area (Å²) >= 11 is 9.48. The van der Waals surface area contributed by atoms with Crippen LogP contribution in [0, 0.1) is 10.5 Å². The monoisotopic (exact) mass is 290 g/mol. The molecule has 0 spiro atoms. The normalized spacial score (nSPS) is 10.4. The molecule has 0 aliphatic heterocycles. The average Bonchev–Trinajstić information content (AvgIpc) is 2.57. The van der Waals surface area contributed by atoms with Crippen molar-refractivity contribution in [1.82, 2.24) is 9.97 Å². The number of halogens is 2. The molecule has 2 aromatic rings. The summed E-state index contributed by atoms with van der Waals surface area (Å²) in [7, 11) is 0. The van der Waals surface area contributed by atoms with E-state index in [0.29, 0.717) is 5.69 Å². The van der Waals surface area contributed by atoms with Gasteiger partial charge in [0.15, 0.2) is 10.5 Å². The highest BCUT2D eigenvalue weighted by atomic mass is 79.9. The second-order valence-corrected chi connectivity index (χ2v) is 5.35. The Kier molecular flexibility index (Phi) is 2.76. The number of hydrogen-bond donors (Lipinski definition) is 1. The Balaban J connectivity index is 2.63. The zero-order valence-electron chi connectivity index (χ0n) is 6.75. The van der Waals surface area contributed by atoms with Gasteiger partial charge in [-0.05, 0) is 28.1 Å². The Morgan fingerprint density at radius 2 is 2.29 bits per heavy atom. The molecule has 0 aromatic carbocycles. The Morgan fingerprint density at radius 3 is 2.93 bits per heavy atom. The molecule has 0 radical (unpaired) electrons. The van der Waals surface area contributed by atoms with E-state index in [4.69, 9.17) is 12.2 Å². The summed E-state index contributed by atoms with van der Waals surface area (Å²) in [6.07, 6.45) is 1.40. The summed E-state index contributed by atoms with van der Waals surface area (Å²) in [5.41, 5.74) is 0.390. The average molecular weight is 291 g/mol. The number of H-pyrrole nitrogens is 1. The smallest absolute Gasteiger partial charge is 0.184 e. The third-order valence-corrected chi connectivity index (χ3v) is 3.54. The zero-order valence-corrected chi connectivity index (χ0v) is 9.97. The van der Waals surface area contributed by atoms with Gasteiger partial charge >= 0.3 is 0 Å². The van der Waals surface area contributed by atoms with Crippen molar-refractivity contribution in [2.45, 2.75) is 0 Å². The molecule has 0 bridgehead atoms. The molecule has 0 aliphatic rings. The van der Waals surface area contributed by atoms with Crippen molar-refractivity contribution in [2.75, 3.05) is 0 Å². The molecule has 0 fully saturated rings. The van der Waals surface area contributed by atoms with E-state index >= 15 is 0 Å². The van der Waals surface area contributed by atoms with Crippen LogP contribution in [0.2, 0.25) is 0 Å². The lowest BCUT2D eigenvalue weighted by molar-refractivity contribution is 0.613. The highest BCUT2D eigenvalue weighted by Gasteiger charge is 2.09. The summed E-state index contributed by atoms with van der Waals surface area (Å²) in [6, 6.07) is 3.68. The zero-order chi connectivity index (χ0) is 10.1. The number of aromatic amines is 1. The predicted octanol–water partition coefficient (Wildman–Crippen LogP) is 3.77. The second kappa shape index (κ2) is 3.88. The third kappa shape index (κ3) is 1.77. The molecule has 6 heteroatoms. The van der Waals surface area contributed by atoms with Crippen molar-refractivity contribution in [3.05, 3.63) is 32.7 Å². The first-order valence-electron chi connectivity index (χ1n) is 3.67. The van der Waals surface area contributed by atoms with Gasteiger partial charge in [0.05, 0.1) is 20.7 Å². The molecular weight excluding hydrogens is 287 g/mol. The van der Waals surface area contributed by atoms with E-state index in [2.05, 4.69) is 25.9 Å². The van der Waals surface area contributed by atoms with Gasteiger partial charge in [0, 0.05) is 0 Å². The van der Waals surface area contributed by atoms with Crippen molar-refractivity contribution >= 4 is 39.5 Å². The largest absolute Gasteiger partial charge is 0.343 e. The summed E-state index contributed by atoms with van der Waals surface area (Å²) in [4.78, 5) is 7.19. The number of thiophene rings is 1. The van der Waals surface area contributed by atoms with Crippen LogP contribution < -0.4 is 0 Å². The van der Waals surface area contributed by atoms with Gasteiger partial charge in [-0.15, -0.1) is 11.3 Å². The molecule has 0 aliphatic carbocycles. The van der Waals surface area contributed by atoms with Crippen LogP contribution in [0.3, 0.4) is 0 Å². The standard InChI is InChI=1S/C8H4BrFN2S2/c9-5-2-1-4(14-5)7-6(10)8(13)12-3-11-7/h1-3H,(H,11,12,13). The summed E-state index contributed by atoms with van der Waals surface area (Å²) in [5, 5.41) is 0. The minimum absolute atomic E-state index is 0.0109. The number of hydrogen-bond acceptors (Lipinski definition) is 3. The SMILES string of the molecule is Fc1c(-c2ccc(Br)s2)[nH]cnc1=S. The first-order valence-corrected chi connectivity index (χ1v) is 5.69. The fourth-order valence-electron chi connectivity index (χ4n) is 1.01. The van der Waals surface area contributed by atoms with Gasteiger partial charge in [-0.2, -0.15) is 0 Å². The Labute approximate surface area is 97.0 Å². The van der Waals surface area contributed by atoms with E-state index in [9.17, 15) is 4.39 Å². The van der Waals surface area contributed by atoms with E-state index in [-0.39, 0.29) is 4.64 Å². The molecule has 1 N–H and O–H groups in total. The van der Waals surface area contributed by atoms with E-state index < -0.39 is 5.82 Å². The van der Waals surface area contributed by atoms with Gasteiger partial charge in [-0.1, -0.05) is 12.2 Å². The van der Waals surface area contributed by atoms with Crippen molar-refractivity contribution in [2.24, 2.45) is 0 Å². The first kappa shape index (κ1) is 9.95. The van der Waals surface area contributed by atoms with Crippen LogP contribution >= 0.6 is 39.5 Å². The number of nitrogens with zero attached hydrogens (tertiary/aromatic N) is 1. The molecule has 2 aromatic heterocycles. The van der Waals surface area contributed by atoms with Crippen molar-refractivity contribution < 1.29 is 4.39 Å². The predicted molar refractivity (Wildman–Crippen MR) is 60.4 cm³/mol. The summed E-state index contributed by atoms with van der Waals surface area (Å²) in [5.74, 6) is -0.475. The molecule has 72 valence electrons. The van der Waals surface area contributed by atoms with E-state index in [1.165, 1.54) is 17.7 Å². The number of rotatable bonds is 1. The number of aromatic nitrogens is 2. The van der Waals surface area contributed by atoms with E-state index in [1.807, 2.05) is 12.1 Å². The second-order valence-electron chi connectivity index (χ2n) is 2.50. The van der Waals surface area contributed by atoms with Gasteiger partial charge in [0.25, 0.3) is 0 Å². The van der Waals surface area contributed by atoms with Crippen LogP contribution in [-0.4, -0.2) is 9.97 Å². The maximum Gasteiger partial charge on any atom is 0.184 e. The molecular formula is C8H4BrFN2S2. The van der Waals surface area contributed by atoms with Gasteiger partial charge in [-0.3, -0.25) is 0 Å². The highest BCUT2D eigenvalue weighted by Crippen LogP contribution is 2.31. The fraction of sp³-hybridized carbons (Fsp3) is 0. The lowest BCUT2D eigenvalue weighted by Gasteiger charge is -1.98. The van der Waals surface area contributed by atoms with Crippen LogP contribution in [0.4, 0.5) is 4.39 Å². The van der Waals surface area contributed by atoms with Crippen LogP contribution in [0.25, 0.3) is 10.6 Å². The third-order valence-electron chi connectivity index (χ3n) is 1.62. The van der Waals surface area contributed by atoms with Crippen LogP contribution in [0.1, 0.15) is 0 Å². The molecule has 2 rings (SSSR count). The summed E-state index contributed by atoms with van der Waals surface area (Å²) in [6.45, 7) is 0. The Morgan fingerprint density at radius 1 is 1.50 bits per heavy atom. The van der Waals surface area contributed by atoms with E-state index in [1.54, 1.807) is 0 Å². The molecule has 0 unspecified atom stereocenters. The molecule has 14 heavy (non-hydrogen) atoms. The molecule has 0 amide bonds. The maximum absolute atomic E-state index is 13.5. The topological polar surface area (TPSA) is 28.7 Å². The highest BCUT2D eigenvalue weighted by molar-refractivity contribution is 9.11. The van der Waals surface area contributed by atoms with Crippen molar-refractivity contribution in [3.63, 3.8) is 0 Å². The molecule has 2 nitrogen and oxygen atoms in total. The fourth-order valence-corrected chi connectivity index (χ4v) is 2.55.